The van der Waals surface area contributed by atoms with E-state index in [1.165, 1.54) is 24.3 Å². The van der Waals surface area contributed by atoms with Gasteiger partial charge in [0.05, 0.1) is 12.2 Å². The summed E-state index contributed by atoms with van der Waals surface area (Å²) in [4.78, 5) is 16.3. The molecule has 0 spiro atoms. The highest BCUT2D eigenvalue weighted by molar-refractivity contribution is 14.0. The van der Waals surface area contributed by atoms with Crippen molar-refractivity contribution in [3.8, 4) is 5.75 Å². The molecule has 4 N–H and O–H groups in total. The molecule has 0 aliphatic heterocycles. The number of anilines is 1. The second-order valence-electron chi connectivity index (χ2n) is 6.35. The average molecular weight is 536 g/mol. The Morgan fingerprint density at radius 2 is 1.90 bits per heavy atom. The number of nitrogens with zero attached hydrogens (tertiary/aromatic N) is 1. The molecule has 30 heavy (non-hydrogen) atoms. The molecule has 10 heteroatoms. The van der Waals surface area contributed by atoms with Crippen molar-refractivity contribution < 1.29 is 22.7 Å². The highest BCUT2D eigenvalue weighted by Crippen LogP contribution is 2.29. The fourth-order valence-corrected chi connectivity index (χ4v) is 2.36. The molecule has 0 radical (unpaired) electrons. The number of hydrogen-bond acceptors (Lipinski definition) is 3. The number of alkyl halides is 3. The highest BCUT2D eigenvalue weighted by atomic mass is 127. The summed E-state index contributed by atoms with van der Waals surface area (Å²) in [5.74, 6) is -0.686. The number of rotatable bonds is 7. The lowest BCUT2D eigenvalue weighted by atomic mass is 10.1. The molecule has 0 aliphatic rings. The molecule has 2 aromatic carbocycles. The Bertz CT molecular complexity index is 875. The topological polar surface area (TPSA) is 88.7 Å². The van der Waals surface area contributed by atoms with Crippen LogP contribution in [0.15, 0.2) is 53.5 Å². The van der Waals surface area contributed by atoms with Crippen LogP contribution in [0.1, 0.15) is 36.2 Å². The van der Waals surface area contributed by atoms with Gasteiger partial charge in [-0.25, -0.2) is 4.99 Å². The van der Waals surface area contributed by atoms with Crippen molar-refractivity contribution in [2.45, 2.75) is 39.2 Å². The van der Waals surface area contributed by atoms with Crippen molar-refractivity contribution in [2.75, 3.05) is 5.32 Å². The fraction of sp³-hybridized carbons (Fsp3) is 0.300. The van der Waals surface area contributed by atoms with Crippen molar-refractivity contribution in [2.24, 2.45) is 10.7 Å². The molecule has 0 aromatic heterocycles. The van der Waals surface area contributed by atoms with Crippen molar-refractivity contribution in [1.82, 2.24) is 5.32 Å². The van der Waals surface area contributed by atoms with Crippen LogP contribution in [0.3, 0.4) is 0 Å². The largest absolute Gasteiger partial charge is 0.573 e. The van der Waals surface area contributed by atoms with Gasteiger partial charge in [0, 0.05) is 11.6 Å². The first-order chi connectivity index (χ1) is 13.7. The van der Waals surface area contributed by atoms with E-state index < -0.39 is 12.1 Å². The molecule has 2 aromatic rings. The molecular weight excluding hydrogens is 512 g/mol. The first kappa shape index (κ1) is 25.5. The normalized spacial score (nSPS) is 12.5. The number of halogens is 4. The molecule has 164 valence electrons. The summed E-state index contributed by atoms with van der Waals surface area (Å²) in [5.41, 5.74) is 7.05. The predicted octanol–water partition coefficient (Wildman–Crippen LogP) is 4.66. The number of nitrogens with two attached hydrogens (primary N) is 1. The maximum atomic E-state index is 12.5. The van der Waals surface area contributed by atoms with E-state index in [1.54, 1.807) is 24.3 Å². The lowest BCUT2D eigenvalue weighted by Gasteiger charge is -2.14. The Hall–Kier alpha value is -2.50. The monoisotopic (exact) mass is 536 g/mol. The summed E-state index contributed by atoms with van der Waals surface area (Å²) in [7, 11) is 0. The summed E-state index contributed by atoms with van der Waals surface area (Å²) >= 11 is 0. The number of nitrogens with one attached hydrogen (secondary N) is 2. The van der Waals surface area contributed by atoms with E-state index in [0.29, 0.717) is 5.56 Å². The van der Waals surface area contributed by atoms with Crippen molar-refractivity contribution in [3.05, 3.63) is 59.7 Å². The van der Waals surface area contributed by atoms with Crippen LogP contribution in [-0.2, 0) is 6.54 Å². The highest BCUT2D eigenvalue weighted by Gasteiger charge is 2.32. The number of para-hydroxylation sites is 2. The van der Waals surface area contributed by atoms with Crippen LogP contribution in [0.4, 0.5) is 18.9 Å². The molecule has 0 heterocycles. The minimum atomic E-state index is -4.82. The van der Waals surface area contributed by atoms with E-state index in [1.807, 2.05) is 13.8 Å². The molecule has 0 bridgehead atoms. The van der Waals surface area contributed by atoms with Crippen LogP contribution in [-0.4, -0.2) is 24.3 Å². The van der Waals surface area contributed by atoms with Gasteiger partial charge >= 0.3 is 6.36 Å². The maximum absolute atomic E-state index is 12.5. The molecule has 0 saturated heterocycles. The minimum Gasteiger partial charge on any atom is -0.404 e. The molecule has 1 amide bonds. The molecule has 0 fully saturated rings. The average Bonchev–Trinajstić information content (AvgIpc) is 2.67. The molecule has 1 unspecified atom stereocenters. The number of ether oxygens (including phenoxy) is 1. The molecule has 0 saturated carbocycles. The number of hydrogen-bond donors (Lipinski definition) is 3. The molecule has 6 nitrogen and oxygen atoms in total. The van der Waals surface area contributed by atoms with Gasteiger partial charge in [0.25, 0.3) is 5.91 Å². The number of carbonyl (C=O) groups is 1. The van der Waals surface area contributed by atoms with Gasteiger partial charge in [-0.15, -0.1) is 37.1 Å². The van der Waals surface area contributed by atoms with Crippen LogP contribution in [0, 0.1) is 0 Å². The third kappa shape index (κ3) is 8.47. The van der Waals surface area contributed by atoms with E-state index >= 15 is 0 Å². The molecular formula is C20H24F3IN4O2. The maximum Gasteiger partial charge on any atom is 0.573 e. The number of amides is 1. The quantitative estimate of drug-likeness (QED) is 0.273. The smallest absolute Gasteiger partial charge is 0.404 e. The number of guanidine groups is 1. The lowest BCUT2D eigenvalue weighted by molar-refractivity contribution is -0.274. The summed E-state index contributed by atoms with van der Waals surface area (Å²) in [6.45, 7) is 4.04. The van der Waals surface area contributed by atoms with Crippen molar-refractivity contribution in [3.63, 3.8) is 0 Å². The van der Waals surface area contributed by atoms with Gasteiger partial charge < -0.3 is 21.1 Å². The third-order valence-electron chi connectivity index (χ3n) is 3.99. The van der Waals surface area contributed by atoms with Gasteiger partial charge in [-0.3, -0.25) is 4.79 Å². The first-order valence-corrected chi connectivity index (χ1v) is 8.99. The Kier molecular flexibility index (Phi) is 9.90. The zero-order chi connectivity index (χ0) is 21.4. The summed E-state index contributed by atoms with van der Waals surface area (Å²) in [5, 5.41) is 5.48. The third-order valence-corrected chi connectivity index (χ3v) is 3.99. The van der Waals surface area contributed by atoms with Crippen LogP contribution < -0.4 is 21.1 Å². The Balaban J connectivity index is 0.00000450. The molecule has 1 atom stereocenters. The predicted molar refractivity (Wildman–Crippen MR) is 121 cm³/mol. The van der Waals surface area contributed by atoms with E-state index in [9.17, 15) is 18.0 Å². The van der Waals surface area contributed by atoms with Gasteiger partial charge in [0.1, 0.15) is 0 Å². The number of benzene rings is 2. The van der Waals surface area contributed by atoms with Crippen LogP contribution in [0.2, 0.25) is 0 Å². The van der Waals surface area contributed by atoms with Gasteiger partial charge in [-0.05, 0) is 43.2 Å². The minimum absolute atomic E-state index is 0. The van der Waals surface area contributed by atoms with Gasteiger partial charge in [-0.1, -0.05) is 31.2 Å². The van der Waals surface area contributed by atoms with Gasteiger partial charge in [0.15, 0.2) is 11.7 Å². The second kappa shape index (κ2) is 11.6. The van der Waals surface area contributed by atoms with E-state index in [2.05, 4.69) is 20.4 Å². The van der Waals surface area contributed by atoms with Crippen molar-refractivity contribution in [1.29, 1.82) is 0 Å². The van der Waals surface area contributed by atoms with E-state index in [0.717, 1.165) is 12.0 Å². The second-order valence-corrected chi connectivity index (χ2v) is 6.35. The Morgan fingerprint density at radius 1 is 1.20 bits per heavy atom. The molecule has 0 aliphatic carbocycles. The zero-order valence-corrected chi connectivity index (χ0v) is 18.8. The van der Waals surface area contributed by atoms with E-state index in [-0.39, 0.29) is 54.1 Å². The lowest BCUT2D eigenvalue weighted by Crippen LogP contribution is -2.31. The standard InChI is InChI=1S/C20H23F3N4O2.HI/c1-3-13(2)26-18(28)15-8-6-7-14(11-15)12-25-19(24)27-16-9-4-5-10-17(16)29-20(21,22)23;/h4-11,13H,3,12H2,1-2H3,(H,26,28)(H3,24,25,27);1H. The van der Waals surface area contributed by atoms with Gasteiger partial charge in [0.2, 0.25) is 0 Å². The summed E-state index contributed by atoms with van der Waals surface area (Å²) in [6, 6.07) is 12.5. The van der Waals surface area contributed by atoms with Crippen LogP contribution in [0.5, 0.6) is 5.75 Å². The van der Waals surface area contributed by atoms with Gasteiger partial charge in [-0.2, -0.15) is 0 Å². The molecule has 2 rings (SSSR count). The fourth-order valence-electron chi connectivity index (χ4n) is 2.36. The Morgan fingerprint density at radius 3 is 2.57 bits per heavy atom. The van der Waals surface area contributed by atoms with E-state index in [4.69, 9.17) is 5.73 Å². The Labute approximate surface area is 190 Å². The van der Waals surface area contributed by atoms with Crippen molar-refractivity contribution >= 4 is 41.5 Å². The van der Waals surface area contributed by atoms with Crippen LogP contribution >= 0.6 is 24.0 Å². The number of aliphatic imine (C=N–C) groups is 1. The van der Waals surface area contributed by atoms with Crippen LogP contribution in [0.25, 0.3) is 0 Å². The first-order valence-electron chi connectivity index (χ1n) is 8.99. The zero-order valence-electron chi connectivity index (χ0n) is 16.5. The summed E-state index contributed by atoms with van der Waals surface area (Å²) < 4.78 is 41.4. The summed E-state index contributed by atoms with van der Waals surface area (Å²) in [6.07, 6.45) is -4.00. The SMILES string of the molecule is CCC(C)NC(=O)c1cccc(CN=C(N)Nc2ccccc2OC(F)(F)F)c1.I. The number of carbonyl (C=O) groups excluding carboxylic acids is 1.